The Morgan fingerprint density at radius 3 is 1.57 bits per heavy atom. The highest BCUT2D eigenvalue weighted by Gasteiger charge is 2.31. The Morgan fingerprint density at radius 1 is 0.714 bits per heavy atom. The molecule has 0 aliphatic heterocycles. The molecule has 184 valence electrons. The first-order valence-electron chi connectivity index (χ1n) is 10.1. The molecule has 0 radical (unpaired) electrons. The number of hydrogen-bond acceptors (Lipinski definition) is 2. The number of hydrogen-bond donors (Lipinski definition) is 3. The van der Waals surface area contributed by atoms with Gasteiger partial charge < -0.3 is 15.7 Å². The van der Waals surface area contributed by atoms with Crippen LogP contribution in [-0.4, -0.2) is 23.1 Å². The van der Waals surface area contributed by atoms with Crippen LogP contribution in [0.25, 0.3) is 11.1 Å². The third kappa shape index (κ3) is 6.98. The summed E-state index contributed by atoms with van der Waals surface area (Å²) in [6.45, 7) is 0. The van der Waals surface area contributed by atoms with Gasteiger partial charge in [-0.1, -0.05) is 36.4 Å². The average molecular weight is 496 g/mol. The molecule has 0 saturated heterocycles. The molecular weight excluding hydrogens is 478 g/mol. The molecule has 3 N–H and O–H groups in total. The Balaban J connectivity index is 1.71. The third-order valence-corrected chi connectivity index (χ3v) is 5.03. The minimum absolute atomic E-state index is 0.0536. The molecule has 3 aromatic carbocycles. The maximum atomic E-state index is 12.7. The van der Waals surface area contributed by atoms with Crippen LogP contribution in [0.4, 0.5) is 36.8 Å². The van der Waals surface area contributed by atoms with E-state index in [2.05, 4.69) is 10.6 Å². The highest BCUT2D eigenvalue weighted by atomic mass is 19.4. The van der Waals surface area contributed by atoms with E-state index in [4.69, 9.17) is 5.11 Å². The lowest BCUT2D eigenvalue weighted by molar-refractivity contribution is -0.138. The van der Waals surface area contributed by atoms with Gasteiger partial charge in [0.05, 0.1) is 11.1 Å². The van der Waals surface area contributed by atoms with E-state index in [0.29, 0.717) is 16.7 Å². The Hall–Kier alpha value is -4.02. The van der Waals surface area contributed by atoms with Crippen LogP contribution in [0.1, 0.15) is 16.7 Å². The zero-order valence-corrected chi connectivity index (χ0v) is 17.7. The van der Waals surface area contributed by atoms with E-state index in [9.17, 15) is 35.9 Å². The van der Waals surface area contributed by atoms with E-state index < -0.39 is 41.5 Å². The summed E-state index contributed by atoms with van der Waals surface area (Å²) < 4.78 is 76.3. The Morgan fingerprint density at radius 2 is 1.14 bits per heavy atom. The van der Waals surface area contributed by atoms with Crippen LogP contribution < -0.4 is 10.6 Å². The maximum Gasteiger partial charge on any atom is 0.416 e. The highest BCUT2D eigenvalue weighted by Crippen LogP contribution is 2.31. The summed E-state index contributed by atoms with van der Waals surface area (Å²) in [4.78, 5) is 23.7. The first-order chi connectivity index (χ1) is 16.3. The Bertz CT molecular complexity index is 1170. The fourth-order valence-corrected chi connectivity index (χ4v) is 3.25. The van der Waals surface area contributed by atoms with Gasteiger partial charge in [-0.2, -0.15) is 26.3 Å². The molecule has 0 aliphatic rings. The van der Waals surface area contributed by atoms with Crippen LogP contribution in [0, 0.1) is 0 Å². The van der Waals surface area contributed by atoms with E-state index >= 15 is 0 Å². The van der Waals surface area contributed by atoms with Crippen molar-refractivity contribution in [1.29, 1.82) is 0 Å². The van der Waals surface area contributed by atoms with Crippen LogP contribution in [0.15, 0.2) is 72.8 Å². The van der Waals surface area contributed by atoms with Crippen molar-refractivity contribution in [3.8, 4) is 11.1 Å². The van der Waals surface area contributed by atoms with Crippen LogP contribution in [0.3, 0.4) is 0 Å². The lowest BCUT2D eigenvalue weighted by atomic mass is 9.99. The number of anilines is 1. The Labute approximate surface area is 195 Å². The summed E-state index contributed by atoms with van der Waals surface area (Å²) in [7, 11) is 0. The molecule has 1 unspecified atom stereocenters. The van der Waals surface area contributed by atoms with Gasteiger partial charge in [0.1, 0.15) is 6.04 Å². The number of rotatable bonds is 6. The van der Waals surface area contributed by atoms with Gasteiger partial charge in [0.15, 0.2) is 0 Å². The van der Waals surface area contributed by atoms with Gasteiger partial charge in [-0.05, 0) is 53.1 Å². The second-order valence-corrected chi connectivity index (χ2v) is 7.54. The second-order valence-electron chi connectivity index (χ2n) is 7.54. The van der Waals surface area contributed by atoms with Crippen LogP contribution in [-0.2, 0) is 23.6 Å². The van der Waals surface area contributed by atoms with E-state index in [0.717, 1.165) is 36.4 Å². The molecule has 0 aliphatic carbocycles. The fraction of sp³-hybridized carbons (Fsp3) is 0.167. The van der Waals surface area contributed by atoms with Crippen molar-refractivity contribution in [2.75, 3.05) is 5.32 Å². The van der Waals surface area contributed by atoms with Crippen LogP contribution >= 0.6 is 0 Å². The fourth-order valence-electron chi connectivity index (χ4n) is 3.25. The summed E-state index contributed by atoms with van der Waals surface area (Å²) in [5.41, 5.74) is 0.0624. The van der Waals surface area contributed by atoms with Crippen molar-refractivity contribution in [3.63, 3.8) is 0 Å². The van der Waals surface area contributed by atoms with Crippen molar-refractivity contribution in [2.45, 2.75) is 24.8 Å². The van der Waals surface area contributed by atoms with Gasteiger partial charge in [-0.25, -0.2) is 4.79 Å². The lowest BCUT2D eigenvalue weighted by Gasteiger charge is -2.17. The number of nitrogens with one attached hydrogen (secondary N) is 2. The molecule has 0 bridgehead atoms. The van der Waals surface area contributed by atoms with Gasteiger partial charge in [0.25, 0.3) is 0 Å². The molecular formula is C24H18F6N2O3. The molecule has 5 nitrogen and oxygen atoms in total. The maximum absolute atomic E-state index is 12.7. The van der Waals surface area contributed by atoms with E-state index in [-0.39, 0.29) is 12.1 Å². The molecule has 0 heterocycles. The van der Waals surface area contributed by atoms with Crippen molar-refractivity contribution < 1.29 is 41.0 Å². The number of alkyl halides is 6. The number of halogens is 6. The van der Waals surface area contributed by atoms with Gasteiger partial charge in [-0.15, -0.1) is 0 Å². The number of carbonyl (C=O) groups excluding carboxylic acids is 1. The first-order valence-corrected chi connectivity index (χ1v) is 10.1. The molecule has 0 saturated carbocycles. The molecule has 0 spiro atoms. The summed E-state index contributed by atoms with van der Waals surface area (Å²) >= 11 is 0. The largest absolute Gasteiger partial charge is 0.465 e. The summed E-state index contributed by atoms with van der Waals surface area (Å²) in [6, 6.07) is 13.4. The van der Waals surface area contributed by atoms with Gasteiger partial charge >= 0.3 is 18.4 Å². The molecule has 0 fully saturated rings. The summed E-state index contributed by atoms with van der Waals surface area (Å²) in [6.07, 6.45) is -10.5. The standard InChI is InChI=1S/C24H18F6N2O3/c25-23(26,27)17-7-5-16(6-8-17)15-3-1-14(2-4-15)13-20(32-22(34)35)21(33)31-19-11-9-18(10-12-19)24(28,29)30/h1-12,20,32H,13H2,(H,31,33)(H,34,35). The molecule has 0 aromatic heterocycles. The number of amides is 2. The lowest BCUT2D eigenvalue weighted by Crippen LogP contribution is -2.44. The quantitative estimate of drug-likeness (QED) is 0.355. The Kier molecular flexibility index (Phi) is 7.37. The minimum atomic E-state index is -4.54. The minimum Gasteiger partial charge on any atom is -0.465 e. The predicted molar refractivity (Wildman–Crippen MR) is 116 cm³/mol. The topological polar surface area (TPSA) is 78.4 Å². The summed E-state index contributed by atoms with van der Waals surface area (Å²) in [5, 5.41) is 13.5. The van der Waals surface area contributed by atoms with Crippen molar-refractivity contribution >= 4 is 17.7 Å². The monoisotopic (exact) mass is 496 g/mol. The van der Waals surface area contributed by atoms with E-state index in [1.807, 2.05) is 0 Å². The van der Waals surface area contributed by atoms with Crippen molar-refractivity contribution in [3.05, 3.63) is 89.5 Å². The average Bonchev–Trinajstić information content (AvgIpc) is 2.78. The van der Waals surface area contributed by atoms with E-state index in [1.54, 1.807) is 24.3 Å². The third-order valence-electron chi connectivity index (χ3n) is 5.03. The summed E-state index contributed by atoms with van der Waals surface area (Å²) in [5.74, 6) is -0.779. The van der Waals surface area contributed by atoms with Gasteiger partial charge in [0, 0.05) is 12.1 Å². The zero-order chi connectivity index (χ0) is 25.8. The highest BCUT2D eigenvalue weighted by molar-refractivity contribution is 5.96. The SMILES string of the molecule is O=C(O)NC(Cc1ccc(-c2ccc(C(F)(F)F)cc2)cc1)C(=O)Nc1ccc(C(F)(F)F)cc1. The van der Waals surface area contributed by atoms with Crippen LogP contribution in [0.5, 0.6) is 0 Å². The number of carboxylic acid groups (broad SMARTS) is 1. The molecule has 35 heavy (non-hydrogen) atoms. The van der Waals surface area contributed by atoms with Crippen molar-refractivity contribution in [2.24, 2.45) is 0 Å². The molecule has 2 amide bonds. The normalized spacial score (nSPS) is 12.6. The van der Waals surface area contributed by atoms with Gasteiger partial charge in [0.2, 0.25) is 5.91 Å². The second kappa shape index (κ2) is 10.1. The smallest absolute Gasteiger partial charge is 0.416 e. The van der Waals surface area contributed by atoms with E-state index in [1.165, 1.54) is 12.1 Å². The van der Waals surface area contributed by atoms with Crippen LogP contribution in [0.2, 0.25) is 0 Å². The van der Waals surface area contributed by atoms with Gasteiger partial charge in [-0.3, -0.25) is 4.79 Å². The number of benzene rings is 3. The predicted octanol–water partition coefficient (Wildman–Crippen LogP) is 6.21. The molecule has 3 aromatic rings. The molecule has 1 atom stereocenters. The molecule has 11 heteroatoms. The van der Waals surface area contributed by atoms with Crippen molar-refractivity contribution in [1.82, 2.24) is 5.32 Å². The first kappa shape index (κ1) is 25.6. The zero-order valence-electron chi connectivity index (χ0n) is 17.7. The molecule has 3 rings (SSSR count). The number of carbonyl (C=O) groups is 2.